The normalized spacial score (nSPS) is 21.7. The highest BCUT2D eigenvalue weighted by molar-refractivity contribution is 5.81. The largest absolute Gasteiger partial charge is 0.358 e. The van der Waals surface area contributed by atoms with Gasteiger partial charge in [0.05, 0.1) is 30.2 Å². The summed E-state index contributed by atoms with van der Waals surface area (Å²) < 4.78 is 0. The van der Waals surface area contributed by atoms with Crippen molar-refractivity contribution in [3.05, 3.63) is 23.8 Å². The van der Waals surface area contributed by atoms with Crippen molar-refractivity contribution in [3.63, 3.8) is 0 Å². The molecule has 2 aliphatic rings. The standard InChI is InChI=1S/C19H29N5O2/c1-14-10-22-16(11-21-14)12-24-13-19(5-4-17(24)25)6-8-23(9-7-19)15(2)18(26)20-3/h10-11,15H,4-9,12-13H2,1-3H3,(H,20,26)/t15-/m1/s1. The van der Waals surface area contributed by atoms with Gasteiger partial charge < -0.3 is 10.2 Å². The third-order valence-electron chi connectivity index (χ3n) is 5.97. The molecule has 1 N–H and O–H groups in total. The predicted octanol–water partition coefficient (Wildman–Crippen LogP) is 1.12. The van der Waals surface area contributed by atoms with E-state index in [4.69, 9.17) is 0 Å². The molecular weight excluding hydrogens is 330 g/mol. The molecular formula is C19H29N5O2. The van der Waals surface area contributed by atoms with Crippen molar-refractivity contribution < 1.29 is 9.59 Å². The number of hydrogen-bond donors (Lipinski definition) is 1. The van der Waals surface area contributed by atoms with Crippen LogP contribution in [-0.2, 0) is 16.1 Å². The van der Waals surface area contributed by atoms with Crippen molar-refractivity contribution in [1.29, 1.82) is 0 Å². The van der Waals surface area contributed by atoms with Crippen LogP contribution in [0.15, 0.2) is 12.4 Å². The number of amides is 2. The summed E-state index contributed by atoms with van der Waals surface area (Å²) in [6, 6.07) is -0.0958. The van der Waals surface area contributed by atoms with E-state index in [1.165, 1.54) is 0 Å². The Kier molecular flexibility index (Phi) is 5.55. The second kappa shape index (κ2) is 7.70. The molecule has 1 aromatic rings. The summed E-state index contributed by atoms with van der Waals surface area (Å²) >= 11 is 0. The number of likely N-dealkylation sites (N-methyl/N-ethyl adjacent to an activating group) is 1. The Morgan fingerprint density at radius 2 is 2.00 bits per heavy atom. The first-order chi connectivity index (χ1) is 12.4. The van der Waals surface area contributed by atoms with Crippen LogP contribution >= 0.6 is 0 Å². The maximum absolute atomic E-state index is 12.4. The number of aryl methyl sites for hydroxylation is 1. The molecule has 2 aliphatic heterocycles. The van der Waals surface area contributed by atoms with E-state index in [9.17, 15) is 9.59 Å². The lowest BCUT2D eigenvalue weighted by Gasteiger charge is -2.48. The van der Waals surface area contributed by atoms with E-state index < -0.39 is 0 Å². The lowest BCUT2D eigenvalue weighted by Crippen LogP contribution is -2.54. The molecule has 3 rings (SSSR count). The van der Waals surface area contributed by atoms with Crippen LogP contribution in [0.25, 0.3) is 0 Å². The van der Waals surface area contributed by atoms with Crippen molar-refractivity contribution in [3.8, 4) is 0 Å². The van der Waals surface area contributed by atoms with Crippen molar-refractivity contribution in [2.24, 2.45) is 5.41 Å². The van der Waals surface area contributed by atoms with E-state index in [0.29, 0.717) is 13.0 Å². The van der Waals surface area contributed by atoms with Gasteiger partial charge in [-0.05, 0) is 51.6 Å². The van der Waals surface area contributed by atoms with E-state index in [1.807, 2.05) is 18.7 Å². The van der Waals surface area contributed by atoms with Gasteiger partial charge in [-0.15, -0.1) is 0 Å². The van der Waals surface area contributed by atoms with Gasteiger partial charge in [0.2, 0.25) is 11.8 Å². The summed E-state index contributed by atoms with van der Waals surface area (Å²) in [5, 5.41) is 2.73. The molecule has 3 heterocycles. The van der Waals surface area contributed by atoms with Crippen LogP contribution in [0.3, 0.4) is 0 Å². The molecule has 1 spiro atoms. The summed E-state index contributed by atoms with van der Waals surface area (Å²) in [4.78, 5) is 37.2. The van der Waals surface area contributed by atoms with Gasteiger partial charge in [-0.1, -0.05) is 0 Å². The number of nitrogens with one attached hydrogen (secondary N) is 1. The molecule has 142 valence electrons. The Morgan fingerprint density at radius 1 is 1.27 bits per heavy atom. The molecule has 26 heavy (non-hydrogen) atoms. The lowest BCUT2D eigenvalue weighted by atomic mass is 9.72. The van der Waals surface area contributed by atoms with Crippen LogP contribution in [0.5, 0.6) is 0 Å². The van der Waals surface area contributed by atoms with Crippen LogP contribution < -0.4 is 5.32 Å². The second-order valence-electron chi connectivity index (χ2n) is 7.73. The highest BCUT2D eigenvalue weighted by Crippen LogP contribution is 2.40. The van der Waals surface area contributed by atoms with Gasteiger partial charge in [0, 0.05) is 26.2 Å². The van der Waals surface area contributed by atoms with Crippen molar-refractivity contribution in [2.75, 3.05) is 26.7 Å². The van der Waals surface area contributed by atoms with Gasteiger partial charge in [0.15, 0.2) is 0 Å². The zero-order valence-electron chi connectivity index (χ0n) is 16.0. The Balaban J connectivity index is 1.62. The number of carbonyl (C=O) groups is 2. The van der Waals surface area contributed by atoms with Crippen molar-refractivity contribution >= 4 is 11.8 Å². The smallest absolute Gasteiger partial charge is 0.236 e. The Bertz CT molecular complexity index is 652. The van der Waals surface area contributed by atoms with Crippen molar-refractivity contribution in [2.45, 2.75) is 52.1 Å². The summed E-state index contributed by atoms with van der Waals surface area (Å²) in [7, 11) is 1.68. The van der Waals surface area contributed by atoms with Crippen LogP contribution in [0.1, 0.15) is 44.0 Å². The highest BCUT2D eigenvalue weighted by atomic mass is 16.2. The van der Waals surface area contributed by atoms with Crippen LogP contribution in [0.2, 0.25) is 0 Å². The number of piperidine rings is 2. The van der Waals surface area contributed by atoms with Crippen LogP contribution in [0, 0.1) is 12.3 Å². The quantitative estimate of drug-likeness (QED) is 0.872. The minimum absolute atomic E-state index is 0.0688. The number of hydrogen-bond acceptors (Lipinski definition) is 5. The first-order valence-corrected chi connectivity index (χ1v) is 9.43. The molecule has 0 aliphatic carbocycles. The van der Waals surface area contributed by atoms with Gasteiger partial charge in [-0.3, -0.25) is 24.5 Å². The minimum atomic E-state index is -0.0958. The molecule has 1 atom stereocenters. The Hall–Kier alpha value is -2.02. The Morgan fingerprint density at radius 3 is 2.62 bits per heavy atom. The maximum atomic E-state index is 12.4. The molecule has 1 aromatic heterocycles. The Labute approximate surface area is 155 Å². The van der Waals surface area contributed by atoms with E-state index in [1.54, 1.807) is 19.4 Å². The van der Waals surface area contributed by atoms with E-state index in [0.717, 1.165) is 50.3 Å². The zero-order valence-corrected chi connectivity index (χ0v) is 16.0. The maximum Gasteiger partial charge on any atom is 0.236 e. The fraction of sp³-hybridized carbons (Fsp3) is 0.684. The molecule has 2 amide bonds. The van der Waals surface area contributed by atoms with Crippen molar-refractivity contribution in [1.82, 2.24) is 25.1 Å². The fourth-order valence-electron chi connectivity index (χ4n) is 4.11. The molecule has 0 aromatic carbocycles. The average Bonchev–Trinajstić information content (AvgIpc) is 2.66. The number of nitrogens with zero attached hydrogens (tertiary/aromatic N) is 4. The summed E-state index contributed by atoms with van der Waals surface area (Å²) in [6.07, 6.45) is 7.11. The van der Waals surface area contributed by atoms with E-state index in [2.05, 4.69) is 20.2 Å². The lowest BCUT2D eigenvalue weighted by molar-refractivity contribution is -0.140. The summed E-state index contributed by atoms with van der Waals surface area (Å²) in [5.41, 5.74) is 1.89. The summed E-state index contributed by atoms with van der Waals surface area (Å²) in [6.45, 7) is 6.99. The summed E-state index contributed by atoms with van der Waals surface area (Å²) in [5.74, 6) is 0.276. The molecule has 0 unspecified atom stereocenters. The van der Waals surface area contributed by atoms with Gasteiger partial charge in [0.1, 0.15) is 0 Å². The number of likely N-dealkylation sites (tertiary alicyclic amines) is 2. The molecule has 0 bridgehead atoms. The zero-order chi connectivity index (χ0) is 18.7. The number of rotatable bonds is 4. The predicted molar refractivity (Wildman–Crippen MR) is 98.2 cm³/mol. The minimum Gasteiger partial charge on any atom is -0.358 e. The topological polar surface area (TPSA) is 78.4 Å². The first kappa shape index (κ1) is 18.8. The molecule has 7 nitrogen and oxygen atoms in total. The van der Waals surface area contributed by atoms with Crippen LogP contribution in [-0.4, -0.2) is 64.3 Å². The van der Waals surface area contributed by atoms with Gasteiger partial charge in [-0.2, -0.15) is 0 Å². The number of aromatic nitrogens is 2. The van der Waals surface area contributed by atoms with Gasteiger partial charge >= 0.3 is 0 Å². The molecule has 0 saturated carbocycles. The monoisotopic (exact) mass is 359 g/mol. The third-order valence-corrected chi connectivity index (χ3v) is 5.97. The van der Waals surface area contributed by atoms with Gasteiger partial charge in [0.25, 0.3) is 0 Å². The van der Waals surface area contributed by atoms with E-state index in [-0.39, 0.29) is 23.3 Å². The second-order valence-corrected chi connectivity index (χ2v) is 7.73. The number of carbonyl (C=O) groups excluding carboxylic acids is 2. The average molecular weight is 359 g/mol. The third kappa shape index (κ3) is 4.03. The highest BCUT2D eigenvalue weighted by Gasteiger charge is 2.42. The molecule has 2 fully saturated rings. The van der Waals surface area contributed by atoms with Crippen LogP contribution in [0.4, 0.5) is 0 Å². The SMILES string of the molecule is CNC(=O)[C@@H](C)N1CCC2(CCC(=O)N(Cc3cnc(C)cn3)C2)CC1. The van der Waals surface area contributed by atoms with Gasteiger partial charge in [-0.25, -0.2) is 0 Å². The molecule has 7 heteroatoms. The first-order valence-electron chi connectivity index (χ1n) is 9.43. The molecule has 0 radical (unpaired) electrons. The van der Waals surface area contributed by atoms with E-state index >= 15 is 0 Å². The fourth-order valence-corrected chi connectivity index (χ4v) is 4.11. The molecule has 2 saturated heterocycles.